The molecule has 12 heteroatoms. The lowest BCUT2D eigenvalue weighted by atomic mass is 9.77. The second-order valence-electron chi connectivity index (χ2n) is 9.88. The van der Waals surface area contributed by atoms with Crippen molar-refractivity contribution in [3.05, 3.63) is 64.9 Å². The maximum Gasteiger partial charge on any atom is 0.290 e. The molecule has 222 valence electrons. The Morgan fingerprint density at radius 3 is 2.60 bits per heavy atom. The molecule has 12 nitrogen and oxygen atoms in total. The van der Waals surface area contributed by atoms with E-state index in [0.717, 1.165) is 0 Å². The van der Waals surface area contributed by atoms with Gasteiger partial charge in [0, 0.05) is 42.3 Å². The van der Waals surface area contributed by atoms with Crippen LogP contribution in [0.2, 0.25) is 0 Å². The molecule has 3 aromatic rings. The molecule has 1 aromatic heterocycles. The summed E-state index contributed by atoms with van der Waals surface area (Å²) in [6, 6.07) is 8.92. The average Bonchev–Trinajstić information content (AvgIpc) is 3.63. The summed E-state index contributed by atoms with van der Waals surface area (Å²) in [6.45, 7) is -0.122. The van der Waals surface area contributed by atoms with Crippen molar-refractivity contribution >= 4 is 29.1 Å². The Bertz CT molecular complexity index is 1530. The van der Waals surface area contributed by atoms with Gasteiger partial charge in [-0.25, -0.2) is 0 Å². The summed E-state index contributed by atoms with van der Waals surface area (Å²) in [5.41, 5.74) is 1.39. The van der Waals surface area contributed by atoms with Crippen molar-refractivity contribution in [3.63, 3.8) is 0 Å². The molecule has 1 aliphatic carbocycles. The van der Waals surface area contributed by atoms with Gasteiger partial charge >= 0.3 is 0 Å². The van der Waals surface area contributed by atoms with Crippen molar-refractivity contribution in [2.75, 3.05) is 47.6 Å². The first kappa shape index (κ1) is 29.1. The van der Waals surface area contributed by atoms with Gasteiger partial charge in [-0.3, -0.25) is 14.4 Å². The number of benzene rings is 2. The van der Waals surface area contributed by atoms with Gasteiger partial charge in [0.05, 0.1) is 39.4 Å². The fourth-order valence-electron chi connectivity index (χ4n) is 5.58. The number of hydrogen-bond donors (Lipinski definition) is 3. The zero-order valence-electron chi connectivity index (χ0n) is 23.4. The number of nitrogens with zero attached hydrogens (tertiary/aromatic N) is 1. The highest BCUT2D eigenvalue weighted by Gasteiger charge is 2.51. The summed E-state index contributed by atoms with van der Waals surface area (Å²) in [5, 5.41) is 24.4. The largest absolute Gasteiger partial charge is 0.493 e. The molecule has 0 bridgehead atoms. The number of aldehydes is 1. The second kappa shape index (κ2) is 12.2. The van der Waals surface area contributed by atoms with Crippen LogP contribution in [0.4, 0.5) is 0 Å². The molecule has 3 N–H and O–H groups in total. The lowest BCUT2D eigenvalue weighted by Crippen LogP contribution is -2.56. The number of aliphatic hydroxyl groups excluding tert-OH is 2. The van der Waals surface area contributed by atoms with Crippen LogP contribution in [0, 0.1) is 0 Å². The highest BCUT2D eigenvalue weighted by molar-refractivity contribution is 5.99. The predicted octanol–water partition coefficient (Wildman–Crippen LogP) is 1.67. The Morgan fingerprint density at radius 1 is 1.12 bits per heavy atom. The van der Waals surface area contributed by atoms with Gasteiger partial charge in [0.15, 0.2) is 28.6 Å². The standard InChI is InChI=1S/C30H32N2O10/c1-38-10-8-32(30(37)23-13-17-5-4-6-21(39-2)26(17)41-23)20-14-19(29(36)31-7-9-33)24-18-11-16(15-34)12-22(40-3)27(18)42-28(24)25(20)35/h4-6,11-15,20,24-25,28,33,35H,7-10H2,1-3H3,(H,31,36). The molecule has 1 aliphatic heterocycles. The predicted molar refractivity (Wildman–Crippen MR) is 149 cm³/mol. The summed E-state index contributed by atoms with van der Waals surface area (Å²) in [7, 11) is 4.41. The van der Waals surface area contributed by atoms with Crippen LogP contribution in [0.25, 0.3) is 11.0 Å². The molecular formula is C30H32N2O10. The summed E-state index contributed by atoms with van der Waals surface area (Å²) < 4.78 is 28.2. The van der Waals surface area contributed by atoms with Crippen LogP contribution in [0.3, 0.4) is 0 Å². The van der Waals surface area contributed by atoms with Crippen molar-refractivity contribution in [1.82, 2.24) is 10.2 Å². The van der Waals surface area contributed by atoms with Gasteiger partial charge < -0.3 is 43.8 Å². The SMILES string of the molecule is COCCN(C(=O)c1cc2cccc(OC)c2o1)C1C=C(C(=O)NCCO)C2c3cc(C=O)cc(OC)c3OC2C1O. The normalized spacial score (nSPS) is 20.6. The van der Waals surface area contributed by atoms with Gasteiger partial charge in [0.25, 0.3) is 5.91 Å². The third-order valence-electron chi connectivity index (χ3n) is 7.51. The van der Waals surface area contributed by atoms with Crippen molar-refractivity contribution in [2.45, 2.75) is 24.2 Å². The molecule has 5 rings (SSSR count). The maximum atomic E-state index is 14.0. The smallest absolute Gasteiger partial charge is 0.290 e. The molecule has 0 spiro atoms. The Kier molecular flexibility index (Phi) is 8.48. The van der Waals surface area contributed by atoms with Gasteiger partial charge in [-0.15, -0.1) is 0 Å². The van der Waals surface area contributed by atoms with E-state index in [0.29, 0.717) is 34.1 Å². The van der Waals surface area contributed by atoms with Gasteiger partial charge in [0.1, 0.15) is 18.5 Å². The third kappa shape index (κ3) is 5.08. The number of aliphatic hydroxyl groups is 2. The van der Waals surface area contributed by atoms with Crippen LogP contribution in [0.15, 0.2) is 52.5 Å². The minimum Gasteiger partial charge on any atom is -0.493 e. The number of ether oxygens (including phenoxy) is 4. The molecular weight excluding hydrogens is 548 g/mol. The molecule has 2 amide bonds. The zero-order valence-corrected chi connectivity index (χ0v) is 23.4. The van der Waals surface area contributed by atoms with Crippen LogP contribution < -0.4 is 19.5 Å². The first-order chi connectivity index (χ1) is 20.4. The van der Waals surface area contributed by atoms with Crippen molar-refractivity contribution in [1.29, 1.82) is 0 Å². The Labute approximate surface area is 241 Å². The molecule has 2 aliphatic rings. The first-order valence-electron chi connectivity index (χ1n) is 13.4. The van der Waals surface area contributed by atoms with E-state index in [9.17, 15) is 24.6 Å². The quantitative estimate of drug-likeness (QED) is 0.285. The van der Waals surface area contributed by atoms with E-state index >= 15 is 0 Å². The Morgan fingerprint density at radius 2 is 1.90 bits per heavy atom. The van der Waals surface area contributed by atoms with Gasteiger partial charge in [0.2, 0.25) is 5.91 Å². The molecule has 4 unspecified atom stereocenters. The molecule has 0 radical (unpaired) electrons. The summed E-state index contributed by atoms with van der Waals surface area (Å²) >= 11 is 0. The van der Waals surface area contributed by atoms with Crippen LogP contribution in [0.1, 0.15) is 32.4 Å². The lowest BCUT2D eigenvalue weighted by molar-refractivity contribution is -0.118. The molecule has 0 saturated heterocycles. The highest BCUT2D eigenvalue weighted by atomic mass is 16.5. The van der Waals surface area contributed by atoms with E-state index in [1.807, 2.05) is 0 Å². The number of nitrogens with one attached hydrogen (secondary N) is 1. The first-order valence-corrected chi connectivity index (χ1v) is 13.4. The molecule has 0 saturated carbocycles. The van der Waals surface area contributed by atoms with Crippen LogP contribution >= 0.6 is 0 Å². The fraction of sp³-hybridized carbons (Fsp3) is 0.367. The minimum absolute atomic E-state index is 0.00697. The van der Waals surface area contributed by atoms with E-state index < -0.39 is 36.0 Å². The number of para-hydroxylation sites is 1. The Balaban J connectivity index is 1.60. The molecule has 4 atom stereocenters. The number of fused-ring (bicyclic) bond motifs is 4. The molecule has 2 aromatic carbocycles. The van der Waals surface area contributed by atoms with Crippen LogP contribution in [-0.4, -0.2) is 99.1 Å². The maximum absolute atomic E-state index is 14.0. The van der Waals surface area contributed by atoms with Gasteiger partial charge in [-0.1, -0.05) is 12.1 Å². The van der Waals surface area contributed by atoms with E-state index in [4.69, 9.17) is 23.4 Å². The number of carbonyl (C=O) groups excluding carboxylic acids is 3. The number of methoxy groups -OCH3 is 3. The third-order valence-corrected chi connectivity index (χ3v) is 7.51. The second-order valence-corrected chi connectivity index (χ2v) is 9.88. The number of rotatable bonds is 11. The molecule has 42 heavy (non-hydrogen) atoms. The minimum atomic E-state index is -1.30. The number of furan rings is 1. The number of hydrogen-bond acceptors (Lipinski definition) is 10. The van der Waals surface area contributed by atoms with E-state index in [-0.39, 0.29) is 49.1 Å². The molecule has 0 fully saturated rings. The van der Waals surface area contributed by atoms with Gasteiger partial charge in [-0.05, 0) is 30.3 Å². The fourth-order valence-corrected chi connectivity index (χ4v) is 5.58. The van der Waals surface area contributed by atoms with Crippen molar-refractivity contribution < 1.29 is 48.0 Å². The van der Waals surface area contributed by atoms with Crippen molar-refractivity contribution in [2.24, 2.45) is 0 Å². The summed E-state index contributed by atoms with van der Waals surface area (Å²) in [4.78, 5) is 40.5. The topological polar surface area (TPSA) is 157 Å². The van der Waals surface area contributed by atoms with E-state index in [1.165, 1.54) is 38.4 Å². The number of carbonyl (C=O) groups is 3. The van der Waals surface area contributed by atoms with Crippen LogP contribution in [0.5, 0.6) is 17.2 Å². The zero-order chi connectivity index (χ0) is 30.0. The monoisotopic (exact) mass is 580 g/mol. The van der Waals surface area contributed by atoms with Gasteiger partial charge in [-0.2, -0.15) is 0 Å². The Hall–Kier alpha value is -4.39. The van der Waals surface area contributed by atoms with Crippen molar-refractivity contribution in [3.8, 4) is 17.2 Å². The summed E-state index contributed by atoms with van der Waals surface area (Å²) in [5.74, 6) is -0.824. The van der Waals surface area contributed by atoms with Crippen LogP contribution in [-0.2, 0) is 9.53 Å². The van der Waals surface area contributed by atoms with E-state index in [1.54, 1.807) is 30.3 Å². The average molecular weight is 581 g/mol. The van der Waals surface area contributed by atoms with E-state index in [2.05, 4.69) is 5.32 Å². The summed E-state index contributed by atoms with van der Waals surface area (Å²) in [6.07, 6.45) is -0.135. The lowest BCUT2D eigenvalue weighted by Gasteiger charge is -2.40. The highest BCUT2D eigenvalue weighted by Crippen LogP contribution is 2.51. The molecule has 2 heterocycles. The number of amides is 2.